The minimum Gasteiger partial charge on any atom is -0.465 e. The number of carboxylic acid groups (broad SMARTS) is 1. The van der Waals surface area contributed by atoms with Gasteiger partial charge in [0.1, 0.15) is 0 Å². The van der Waals surface area contributed by atoms with Crippen LogP contribution in [0.1, 0.15) is 20.8 Å². The van der Waals surface area contributed by atoms with E-state index in [0.29, 0.717) is 18.7 Å². The van der Waals surface area contributed by atoms with Crippen LogP contribution in [0.5, 0.6) is 0 Å². The lowest BCUT2D eigenvalue weighted by atomic mass is 10.0. The highest BCUT2D eigenvalue weighted by Crippen LogP contribution is 2.08. The van der Waals surface area contributed by atoms with E-state index in [1.807, 2.05) is 13.8 Å². The summed E-state index contributed by atoms with van der Waals surface area (Å²) in [6.45, 7) is 6.05. The van der Waals surface area contributed by atoms with Crippen LogP contribution in [0.25, 0.3) is 0 Å². The molecule has 3 N–H and O–H groups in total. The first-order chi connectivity index (χ1) is 7.38. The summed E-state index contributed by atoms with van der Waals surface area (Å²) in [6.07, 6.45) is -1.34. The van der Waals surface area contributed by atoms with E-state index in [0.717, 1.165) is 0 Å². The van der Waals surface area contributed by atoms with Crippen molar-refractivity contribution < 1.29 is 19.4 Å². The SMILES string of the molecule is CO[C@@H](C)[C@](C=O)(NCC(C)C)NC(=O)O. The Morgan fingerprint density at radius 2 is 2.06 bits per heavy atom. The maximum absolute atomic E-state index is 11.1. The monoisotopic (exact) mass is 232 g/mol. The fraction of sp³-hybridized carbons (Fsp3) is 0.800. The molecule has 0 aliphatic carbocycles. The molecule has 0 aromatic heterocycles. The molecule has 16 heavy (non-hydrogen) atoms. The van der Waals surface area contributed by atoms with Gasteiger partial charge < -0.3 is 9.84 Å². The molecule has 0 radical (unpaired) electrons. The van der Waals surface area contributed by atoms with E-state index in [-0.39, 0.29) is 0 Å². The van der Waals surface area contributed by atoms with E-state index in [1.54, 1.807) is 6.92 Å². The second-order valence-corrected chi connectivity index (χ2v) is 4.07. The first-order valence-electron chi connectivity index (χ1n) is 5.13. The second kappa shape index (κ2) is 6.44. The Balaban J connectivity index is 4.80. The predicted molar refractivity (Wildman–Crippen MR) is 59.3 cm³/mol. The molecule has 0 heterocycles. The first-order valence-corrected chi connectivity index (χ1v) is 5.13. The topological polar surface area (TPSA) is 87.7 Å². The molecule has 0 bridgehead atoms. The number of hydrogen-bond acceptors (Lipinski definition) is 4. The fourth-order valence-corrected chi connectivity index (χ4v) is 1.19. The van der Waals surface area contributed by atoms with Crippen molar-refractivity contribution in [3.05, 3.63) is 0 Å². The molecule has 6 nitrogen and oxygen atoms in total. The first kappa shape index (κ1) is 14.9. The summed E-state index contributed by atoms with van der Waals surface area (Å²) in [5, 5.41) is 13.8. The summed E-state index contributed by atoms with van der Waals surface area (Å²) < 4.78 is 5.02. The van der Waals surface area contributed by atoms with Crippen molar-refractivity contribution in [1.29, 1.82) is 0 Å². The number of ether oxygens (including phenoxy) is 1. The largest absolute Gasteiger partial charge is 0.465 e. The third-order valence-electron chi connectivity index (χ3n) is 2.30. The van der Waals surface area contributed by atoms with Crippen molar-refractivity contribution in [2.75, 3.05) is 13.7 Å². The van der Waals surface area contributed by atoms with Gasteiger partial charge in [-0.05, 0) is 12.8 Å². The highest BCUT2D eigenvalue weighted by Gasteiger charge is 2.37. The summed E-state index contributed by atoms with van der Waals surface area (Å²) in [5.74, 6) is 0.291. The van der Waals surface area contributed by atoms with Gasteiger partial charge in [-0.3, -0.25) is 15.4 Å². The highest BCUT2D eigenvalue weighted by molar-refractivity contribution is 5.75. The van der Waals surface area contributed by atoms with Gasteiger partial charge in [0.2, 0.25) is 0 Å². The van der Waals surface area contributed by atoms with Crippen molar-refractivity contribution >= 4 is 12.4 Å². The lowest BCUT2D eigenvalue weighted by molar-refractivity contribution is -0.120. The average molecular weight is 232 g/mol. The van der Waals surface area contributed by atoms with E-state index in [4.69, 9.17) is 9.84 Å². The zero-order chi connectivity index (χ0) is 12.8. The van der Waals surface area contributed by atoms with Crippen LogP contribution < -0.4 is 10.6 Å². The number of aldehydes is 1. The zero-order valence-electron chi connectivity index (χ0n) is 10.1. The molecule has 0 aliphatic heterocycles. The number of rotatable bonds is 7. The van der Waals surface area contributed by atoms with Gasteiger partial charge in [-0.2, -0.15) is 0 Å². The normalized spacial score (nSPS) is 16.6. The van der Waals surface area contributed by atoms with Crippen molar-refractivity contribution in [2.45, 2.75) is 32.5 Å². The Hall–Kier alpha value is -1.14. The molecule has 94 valence electrons. The van der Waals surface area contributed by atoms with Crippen LogP contribution in [0.15, 0.2) is 0 Å². The molecule has 0 aromatic rings. The maximum Gasteiger partial charge on any atom is 0.406 e. The van der Waals surface area contributed by atoms with Crippen LogP contribution in [-0.4, -0.2) is 42.9 Å². The van der Waals surface area contributed by atoms with Gasteiger partial charge in [0.05, 0.1) is 6.10 Å². The van der Waals surface area contributed by atoms with Gasteiger partial charge in [0.15, 0.2) is 11.9 Å². The molecule has 6 heteroatoms. The Bertz CT molecular complexity index is 245. The van der Waals surface area contributed by atoms with Gasteiger partial charge in [-0.25, -0.2) is 4.79 Å². The van der Waals surface area contributed by atoms with Crippen LogP contribution >= 0.6 is 0 Å². The fourth-order valence-electron chi connectivity index (χ4n) is 1.19. The molecule has 0 aliphatic rings. The van der Waals surface area contributed by atoms with Crippen LogP contribution in [0.4, 0.5) is 4.79 Å². The molecule has 0 spiro atoms. The summed E-state index contributed by atoms with van der Waals surface area (Å²) >= 11 is 0. The van der Waals surface area contributed by atoms with Gasteiger partial charge in [0.25, 0.3) is 0 Å². The Labute approximate surface area is 95.4 Å². The molecule has 0 fully saturated rings. The number of hydrogen-bond donors (Lipinski definition) is 3. The lowest BCUT2D eigenvalue weighted by Gasteiger charge is -2.34. The van der Waals surface area contributed by atoms with Crippen LogP contribution in [0.3, 0.4) is 0 Å². The zero-order valence-corrected chi connectivity index (χ0v) is 10.1. The van der Waals surface area contributed by atoms with E-state index in [1.165, 1.54) is 7.11 Å². The third kappa shape index (κ3) is 4.16. The van der Waals surface area contributed by atoms with E-state index < -0.39 is 17.9 Å². The van der Waals surface area contributed by atoms with E-state index >= 15 is 0 Å². The van der Waals surface area contributed by atoms with E-state index in [2.05, 4.69) is 10.6 Å². The molecule has 0 unspecified atom stereocenters. The molecule has 0 aromatic carbocycles. The van der Waals surface area contributed by atoms with Crippen LogP contribution in [-0.2, 0) is 9.53 Å². The quantitative estimate of drug-likeness (QED) is 0.437. The van der Waals surface area contributed by atoms with Crippen LogP contribution in [0, 0.1) is 5.92 Å². The Kier molecular flexibility index (Phi) is 5.98. The average Bonchev–Trinajstić information content (AvgIpc) is 2.22. The number of amides is 1. The number of nitrogens with one attached hydrogen (secondary N) is 2. The Morgan fingerprint density at radius 1 is 1.50 bits per heavy atom. The minimum atomic E-state index is -1.40. The summed E-state index contributed by atoms with van der Waals surface area (Å²) in [5.41, 5.74) is -1.40. The number of carbonyl (C=O) groups excluding carboxylic acids is 1. The van der Waals surface area contributed by atoms with Crippen LogP contribution in [0.2, 0.25) is 0 Å². The predicted octanol–water partition coefficient (Wildman–Crippen LogP) is 0.430. The molecular weight excluding hydrogens is 212 g/mol. The van der Waals surface area contributed by atoms with E-state index in [9.17, 15) is 9.59 Å². The molecule has 0 saturated heterocycles. The summed E-state index contributed by atoms with van der Waals surface area (Å²) in [6, 6.07) is 0. The number of carbonyl (C=O) groups is 2. The highest BCUT2D eigenvalue weighted by atomic mass is 16.5. The van der Waals surface area contributed by atoms with Crippen molar-refractivity contribution in [3.63, 3.8) is 0 Å². The number of methoxy groups -OCH3 is 1. The summed E-state index contributed by atoms with van der Waals surface area (Å²) in [4.78, 5) is 21.8. The minimum absolute atomic E-state index is 0.291. The van der Waals surface area contributed by atoms with Crippen molar-refractivity contribution in [1.82, 2.24) is 10.6 Å². The Morgan fingerprint density at radius 3 is 2.38 bits per heavy atom. The smallest absolute Gasteiger partial charge is 0.406 e. The molecule has 0 rings (SSSR count). The standard InChI is InChI=1S/C10H20N2O4/c1-7(2)5-11-10(6-13,8(3)16-4)12-9(14)15/h6-8,11-12H,5H2,1-4H3,(H,14,15)/t8-,10+/m0/s1. The molecular formula is C10H20N2O4. The third-order valence-corrected chi connectivity index (χ3v) is 2.30. The maximum atomic E-state index is 11.1. The van der Waals surface area contributed by atoms with Gasteiger partial charge >= 0.3 is 6.09 Å². The molecule has 1 amide bonds. The molecule has 0 saturated carbocycles. The molecule has 2 atom stereocenters. The summed E-state index contributed by atoms with van der Waals surface area (Å²) in [7, 11) is 1.42. The van der Waals surface area contributed by atoms with Gasteiger partial charge in [-0.15, -0.1) is 0 Å². The van der Waals surface area contributed by atoms with Gasteiger partial charge in [-0.1, -0.05) is 13.8 Å². The van der Waals surface area contributed by atoms with Crippen molar-refractivity contribution in [2.24, 2.45) is 5.92 Å². The van der Waals surface area contributed by atoms with Crippen molar-refractivity contribution in [3.8, 4) is 0 Å². The van der Waals surface area contributed by atoms with Gasteiger partial charge in [0, 0.05) is 13.7 Å². The second-order valence-electron chi connectivity index (χ2n) is 4.07. The lowest BCUT2D eigenvalue weighted by Crippen LogP contribution is -2.67.